The second-order valence-corrected chi connectivity index (χ2v) is 5.75. The smallest absolute Gasteiger partial charge is 0.160 e. The molecule has 0 aliphatic carbocycles. The average molecular weight is 187 g/mol. The molecule has 0 bridgehead atoms. The summed E-state index contributed by atoms with van der Waals surface area (Å²) in [4.78, 5) is 4.35. The third-order valence-electron chi connectivity index (χ3n) is 1.64. The van der Waals surface area contributed by atoms with E-state index in [4.69, 9.17) is 12.2 Å². The zero-order chi connectivity index (χ0) is 8.65. The van der Waals surface area contributed by atoms with Crippen LogP contribution in [0.25, 0.3) is 0 Å². The Morgan fingerprint density at radius 2 is 2.00 bits per heavy atom. The highest BCUT2D eigenvalue weighted by molar-refractivity contribution is 8.24. The maximum absolute atomic E-state index is 5.02. The van der Waals surface area contributed by atoms with Crippen molar-refractivity contribution in [2.45, 2.75) is 32.9 Å². The lowest BCUT2D eigenvalue weighted by Gasteiger charge is -2.20. The van der Waals surface area contributed by atoms with Crippen molar-refractivity contribution in [3.63, 3.8) is 0 Å². The lowest BCUT2D eigenvalue weighted by Crippen LogP contribution is -2.25. The molecule has 0 N–H and O–H groups in total. The van der Waals surface area contributed by atoms with Crippen LogP contribution >= 0.6 is 24.0 Å². The molecule has 1 aliphatic rings. The van der Waals surface area contributed by atoms with Crippen LogP contribution in [0.5, 0.6) is 0 Å². The van der Waals surface area contributed by atoms with Gasteiger partial charge in [-0.1, -0.05) is 44.8 Å². The van der Waals surface area contributed by atoms with Crippen LogP contribution in [0.2, 0.25) is 0 Å². The van der Waals surface area contributed by atoms with Crippen LogP contribution in [-0.2, 0) is 0 Å². The summed E-state index contributed by atoms with van der Waals surface area (Å²) in [6.07, 6.45) is 0. The first-order valence-electron chi connectivity index (χ1n) is 3.71. The van der Waals surface area contributed by atoms with E-state index < -0.39 is 0 Å². The zero-order valence-corrected chi connectivity index (χ0v) is 8.97. The molecule has 0 aromatic rings. The standard InChI is InChI=1S/C8H13NS2/c1-5-6(8(2,3)4)9-7(10)11-5/h5H,1-4H3/t5-/m1/s1. The number of aliphatic imine (C=N–C) groups is 1. The summed E-state index contributed by atoms with van der Waals surface area (Å²) >= 11 is 6.70. The molecule has 1 heterocycles. The lowest BCUT2D eigenvalue weighted by atomic mass is 9.88. The Labute approximate surface area is 77.7 Å². The van der Waals surface area contributed by atoms with Crippen LogP contribution in [-0.4, -0.2) is 15.3 Å². The number of nitrogens with zero attached hydrogens (tertiary/aromatic N) is 1. The van der Waals surface area contributed by atoms with E-state index >= 15 is 0 Å². The first-order chi connectivity index (χ1) is 4.91. The molecule has 0 spiro atoms. The van der Waals surface area contributed by atoms with Crippen molar-refractivity contribution in [1.29, 1.82) is 0 Å². The fraction of sp³-hybridized carbons (Fsp3) is 0.750. The molecule has 1 aliphatic heterocycles. The maximum atomic E-state index is 5.02. The molecule has 1 nitrogen and oxygen atoms in total. The molecule has 1 atom stereocenters. The third kappa shape index (κ3) is 2.03. The molecule has 3 heteroatoms. The molecule has 0 fully saturated rings. The zero-order valence-electron chi connectivity index (χ0n) is 7.34. The van der Waals surface area contributed by atoms with E-state index in [-0.39, 0.29) is 5.41 Å². The van der Waals surface area contributed by atoms with Gasteiger partial charge in [-0.15, -0.1) is 0 Å². The average Bonchev–Trinajstić information content (AvgIpc) is 2.08. The Morgan fingerprint density at radius 1 is 1.45 bits per heavy atom. The van der Waals surface area contributed by atoms with Gasteiger partial charge in [0.05, 0.1) is 0 Å². The Balaban J connectivity index is 2.88. The van der Waals surface area contributed by atoms with E-state index in [1.54, 1.807) is 11.8 Å². The molecule has 0 saturated carbocycles. The Kier molecular flexibility index (Phi) is 2.40. The fourth-order valence-corrected chi connectivity index (χ4v) is 2.70. The van der Waals surface area contributed by atoms with Crippen molar-refractivity contribution in [2.75, 3.05) is 0 Å². The van der Waals surface area contributed by atoms with Crippen LogP contribution < -0.4 is 0 Å². The van der Waals surface area contributed by atoms with Crippen molar-refractivity contribution in [3.8, 4) is 0 Å². The van der Waals surface area contributed by atoms with E-state index in [2.05, 4.69) is 32.7 Å². The van der Waals surface area contributed by atoms with E-state index in [1.807, 2.05) is 0 Å². The Hall–Kier alpha value is 0.110. The molecular formula is C8H13NS2. The SMILES string of the molecule is C[C@H]1SC(=S)N=C1C(C)(C)C. The minimum atomic E-state index is 0.174. The summed E-state index contributed by atoms with van der Waals surface area (Å²) < 4.78 is 0.794. The van der Waals surface area contributed by atoms with Gasteiger partial charge in [0.2, 0.25) is 0 Å². The summed E-state index contributed by atoms with van der Waals surface area (Å²) in [6, 6.07) is 0. The minimum Gasteiger partial charge on any atom is -0.237 e. The van der Waals surface area contributed by atoms with E-state index in [1.165, 1.54) is 5.71 Å². The first-order valence-corrected chi connectivity index (χ1v) is 5.00. The maximum Gasteiger partial charge on any atom is 0.160 e. The van der Waals surface area contributed by atoms with Crippen LogP contribution in [0.15, 0.2) is 4.99 Å². The van der Waals surface area contributed by atoms with Gasteiger partial charge < -0.3 is 0 Å². The van der Waals surface area contributed by atoms with E-state index in [9.17, 15) is 0 Å². The summed E-state index contributed by atoms with van der Waals surface area (Å²) in [6.45, 7) is 8.69. The van der Waals surface area contributed by atoms with Gasteiger partial charge in [-0.25, -0.2) is 4.99 Å². The van der Waals surface area contributed by atoms with Gasteiger partial charge >= 0.3 is 0 Å². The monoisotopic (exact) mass is 187 g/mol. The highest BCUT2D eigenvalue weighted by atomic mass is 32.2. The quantitative estimate of drug-likeness (QED) is 0.541. The topological polar surface area (TPSA) is 12.4 Å². The molecule has 0 amide bonds. The second kappa shape index (κ2) is 2.87. The molecule has 0 aromatic heterocycles. The van der Waals surface area contributed by atoms with Gasteiger partial charge in [-0.3, -0.25) is 0 Å². The van der Waals surface area contributed by atoms with Crippen molar-refractivity contribution in [1.82, 2.24) is 0 Å². The number of hydrogen-bond acceptors (Lipinski definition) is 2. The highest BCUT2D eigenvalue weighted by Crippen LogP contribution is 2.32. The molecule has 11 heavy (non-hydrogen) atoms. The molecule has 0 aromatic carbocycles. The van der Waals surface area contributed by atoms with Gasteiger partial charge in [0, 0.05) is 16.4 Å². The summed E-state index contributed by atoms with van der Waals surface area (Å²) in [5.74, 6) is 0. The van der Waals surface area contributed by atoms with E-state index in [0.717, 1.165) is 4.32 Å². The van der Waals surface area contributed by atoms with Crippen LogP contribution in [0.1, 0.15) is 27.7 Å². The summed E-state index contributed by atoms with van der Waals surface area (Å²) in [5, 5.41) is 0.475. The normalized spacial score (nSPS) is 25.6. The number of thioether (sulfide) groups is 1. The van der Waals surface area contributed by atoms with Gasteiger partial charge in [0.15, 0.2) is 4.32 Å². The first kappa shape index (κ1) is 9.20. The highest BCUT2D eigenvalue weighted by Gasteiger charge is 2.30. The molecular weight excluding hydrogens is 174 g/mol. The summed E-state index contributed by atoms with van der Waals surface area (Å²) in [7, 11) is 0. The van der Waals surface area contributed by atoms with Crippen molar-refractivity contribution < 1.29 is 0 Å². The molecule has 1 rings (SSSR count). The Bertz CT molecular complexity index is 213. The molecule has 0 saturated heterocycles. The lowest BCUT2D eigenvalue weighted by molar-refractivity contribution is 0.583. The predicted octanol–water partition coefficient (Wildman–Crippen LogP) is 2.89. The second-order valence-electron chi connectivity index (χ2n) is 3.77. The molecule has 62 valence electrons. The van der Waals surface area contributed by atoms with Crippen LogP contribution in [0.3, 0.4) is 0 Å². The van der Waals surface area contributed by atoms with Gasteiger partial charge in [-0.2, -0.15) is 0 Å². The number of thiocarbonyl (C=S) groups is 1. The van der Waals surface area contributed by atoms with Crippen LogP contribution in [0.4, 0.5) is 0 Å². The summed E-state index contributed by atoms with van der Waals surface area (Å²) in [5.41, 5.74) is 1.40. The van der Waals surface area contributed by atoms with Crippen molar-refractivity contribution in [2.24, 2.45) is 10.4 Å². The van der Waals surface area contributed by atoms with Crippen molar-refractivity contribution >= 4 is 34.0 Å². The van der Waals surface area contributed by atoms with Crippen molar-refractivity contribution in [3.05, 3.63) is 0 Å². The predicted molar refractivity (Wildman–Crippen MR) is 56.5 cm³/mol. The fourth-order valence-electron chi connectivity index (χ4n) is 1.20. The number of rotatable bonds is 0. The minimum absolute atomic E-state index is 0.174. The molecule has 0 radical (unpaired) electrons. The Morgan fingerprint density at radius 3 is 2.18 bits per heavy atom. The largest absolute Gasteiger partial charge is 0.237 e. The van der Waals surface area contributed by atoms with Gasteiger partial charge in [-0.05, 0) is 6.92 Å². The van der Waals surface area contributed by atoms with Crippen LogP contribution in [0, 0.1) is 5.41 Å². The van der Waals surface area contributed by atoms with E-state index in [0.29, 0.717) is 5.25 Å². The molecule has 0 unspecified atom stereocenters. The third-order valence-corrected chi connectivity index (χ3v) is 2.89. The van der Waals surface area contributed by atoms with Gasteiger partial charge in [0.1, 0.15) is 0 Å². The van der Waals surface area contributed by atoms with Gasteiger partial charge in [0.25, 0.3) is 0 Å². The number of hydrogen-bond donors (Lipinski definition) is 0.